The molecular formula is C9H12BrNO2. The summed E-state index contributed by atoms with van der Waals surface area (Å²) in [6.45, 7) is 0.473. The first-order valence-corrected chi connectivity index (χ1v) is 4.75. The van der Waals surface area contributed by atoms with Crippen LogP contribution in [0.5, 0.6) is 5.75 Å². The molecule has 3 N–H and O–H groups in total. The molecule has 0 aliphatic carbocycles. The Labute approximate surface area is 85.5 Å². The lowest BCUT2D eigenvalue weighted by molar-refractivity contribution is 0.177. The van der Waals surface area contributed by atoms with Crippen molar-refractivity contribution in [3.8, 4) is 5.75 Å². The van der Waals surface area contributed by atoms with Gasteiger partial charge in [0.2, 0.25) is 0 Å². The number of aliphatic hydroxyl groups is 1. The summed E-state index contributed by atoms with van der Waals surface area (Å²) < 4.78 is 0.632. The Morgan fingerprint density at radius 1 is 1.54 bits per heavy atom. The van der Waals surface area contributed by atoms with Gasteiger partial charge in [-0.25, -0.2) is 0 Å². The highest BCUT2D eigenvalue weighted by atomic mass is 79.9. The van der Waals surface area contributed by atoms with Gasteiger partial charge >= 0.3 is 0 Å². The molecule has 0 aliphatic rings. The van der Waals surface area contributed by atoms with Crippen molar-refractivity contribution < 1.29 is 10.2 Å². The van der Waals surface area contributed by atoms with Gasteiger partial charge in [0.1, 0.15) is 5.75 Å². The average molecular weight is 246 g/mol. The Hall–Kier alpha value is -0.580. The predicted molar refractivity (Wildman–Crippen MR) is 54.7 cm³/mol. The maximum Gasteiger partial charge on any atom is 0.130 e. The van der Waals surface area contributed by atoms with Crippen molar-refractivity contribution in [2.45, 2.75) is 6.10 Å². The van der Waals surface area contributed by atoms with Crippen molar-refractivity contribution in [2.24, 2.45) is 0 Å². The normalized spacial score (nSPS) is 12.8. The van der Waals surface area contributed by atoms with Crippen LogP contribution in [-0.2, 0) is 0 Å². The summed E-state index contributed by atoms with van der Waals surface area (Å²) >= 11 is 3.17. The second-order valence-electron chi connectivity index (χ2n) is 2.78. The molecule has 0 saturated carbocycles. The molecule has 72 valence electrons. The molecule has 0 fully saturated rings. The zero-order valence-corrected chi connectivity index (χ0v) is 8.87. The van der Waals surface area contributed by atoms with Crippen molar-refractivity contribution in [3.63, 3.8) is 0 Å². The number of phenolic OH excluding ortho intramolecular Hbond substituents is 1. The first-order chi connectivity index (χ1) is 6.15. The monoisotopic (exact) mass is 245 g/mol. The number of rotatable bonds is 3. The van der Waals surface area contributed by atoms with Crippen LogP contribution in [0.2, 0.25) is 0 Å². The minimum atomic E-state index is -0.580. The molecule has 0 amide bonds. The number of hydrogen-bond acceptors (Lipinski definition) is 3. The van der Waals surface area contributed by atoms with Gasteiger partial charge < -0.3 is 15.5 Å². The van der Waals surface area contributed by atoms with Crippen molar-refractivity contribution in [1.82, 2.24) is 5.32 Å². The van der Waals surface area contributed by atoms with E-state index in [-0.39, 0.29) is 5.75 Å². The van der Waals surface area contributed by atoms with Crippen LogP contribution in [0, 0.1) is 0 Å². The molecule has 3 nitrogen and oxygen atoms in total. The molecule has 1 unspecified atom stereocenters. The molecule has 0 bridgehead atoms. The Morgan fingerprint density at radius 3 is 2.77 bits per heavy atom. The van der Waals surface area contributed by atoms with E-state index in [4.69, 9.17) is 0 Å². The lowest BCUT2D eigenvalue weighted by Crippen LogP contribution is -2.16. The van der Waals surface area contributed by atoms with E-state index >= 15 is 0 Å². The fraction of sp³-hybridized carbons (Fsp3) is 0.333. The van der Waals surface area contributed by atoms with Crippen LogP contribution in [0.25, 0.3) is 0 Å². The first-order valence-electron chi connectivity index (χ1n) is 3.96. The molecule has 0 aromatic heterocycles. The van der Waals surface area contributed by atoms with Gasteiger partial charge in [0.15, 0.2) is 0 Å². The van der Waals surface area contributed by atoms with E-state index in [0.29, 0.717) is 16.6 Å². The average Bonchev–Trinajstić information content (AvgIpc) is 2.10. The molecule has 1 atom stereocenters. The third-order valence-electron chi connectivity index (χ3n) is 1.75. The fourth-order valence-corrected chi connectivity index (χ4v) is 1.29. The van der Waals surface area contributed by atoms with E-state index in [0.717, 1.165) is 0 Å². The molecule has 0 heterocycles. The zero-order valence-electron chi connectivity index (χ0n) is 7.29. The summed E-state index contributed by atoms with van der Waals surface area (Å²) in [5, 5.41) is 21.7. The molecule has 1 rings (SSSR count). The fourth-order valence-electron chi connectivity index (χ4n) is 1.05. The van der Waals surface area contributed by atoms with E-state index in [9.17, 15) is 10.2 Å². The summed E-state index contributed by atoms with van der Waals surface area (Å²) in [5.41, 5.74) is 0.704. The zero-order chi connectivity index (χ0) is 9.84. The molecular weight excluding hydrogens is 234 g/mol. The summed E-state index contributed by atoms with van der Waals surface area (Å²) in [7, 11) is 1.77. The highest BCUT2D eigenvalue weighted by molar-refractivity contribution is 9.10. The van der Waals surface area contributed by atoms with Crippen molar-refractivity contribution in [1.29, 1.82) is 0 Å². The number of halogens is 1. The second kappa shape index (κ2) is 4.60. The van der Waals surface area contributed by atoms with Gasteiger partial charge in [-0.3, -0.25) is 0 Å². The molecule has 4 heteroatoms. The van der Waals surface area contributed by atoms with Gasteiger partial charge in [-0.15, -0.1) is 0 Å². The molecule has 1 aromatic rings. The van der Waals surface area contributed by atoms with E-state index < -0.39 is 6.10 Å². The first kappa shape index (κ1) is 10.5. The number of aliphatic hydroxyl groups excluding tert-OH is 1. The number of phenols is 1. The quantitative estimate of drug-likeness (QED) is 0.755. The predicted octanol–water partition coefficient (Wildman–Crippen LogP) is 1.41. The molecule has 0 saturated heterocycles. The smallest absolute Gasteiger partial charge is 0.130 e. The van der Waals surface area contributed by atoms with Crippen molar-refractivity contribution in [2.75, 3.05) is 13.6 Å². The minimum Gasteiger partial charge on any atom is -0.507 e. The molecule has 0 radical (unpaired) electrons. The van der Waals surface area contributed by atoms with Crippen LogP contribution in [0.15, 0.2) is 22.7 Å². The molecule has 0 spiro atoms. The van der Waals surface area contributed by atoms with Gasteiger partial charge in [0, 0.05) is 6.54 Å². The Morgan fingerprint density at radius 2 is 2.23 bits per heavy atom. The standard InChI is InChI=1S/C9H12BrNO2/c1-11-5-9(13)6-2-3-7(10)8(12)4-6/h2-4,9,11-13H,5H2,1H3. The van der Waals surface area contributed by atoms with Crippen LogP contribution >= 0.6 is 15.9 Å². The lowest BCUT2D eigenvalue weighted by atomic mass is 10.1. The van der Waals surface area contributed by atoms with Crippen molar-refractivity contribution >= 4 is 15.9 Å². The number of benzene rings is 1. The topological polar surface area (TPSA) is 52.5 Å². The lowest BCUT2D eigenvalue weighted by Gasteiger charge is -2.10. The Bertz CT molecular complexity index is 291. The highest BCUT2D eigenvalue weighted by Gasteiger charge is 2.07. The highest BCUT2D eigenvalue weighted by Crippen LogP contribution is 2.26. The minimum absolute atomic E-state index is 0.146. The van der Waals surface area contributed by atoms with E-state index in [1.54, 1.807) is 25.2 Å². The van der Waals surface area contributed by atoms with E-state index in [1.807, 2.05) is 0 Å². The Balaban J connectivity index is 2.84. The van der Waals surface area contributed by atoms with Crippen molar-refractivity contribution in [3.05, 3.63) is 28.2 Å². The van der Waals surface area contributed by atoms with Gasteiger partial charge in [-0.05, 0) is 40.7 Å². The molecule has 1 aromatic carbocycles. The number of nitrogens with one attached hydrogen (secondary N) is 1. The summed E-state index contributed by atoms with van der Waals surface area (Å²) in [6.07, 6.45) is -0.580. The van der Waals surface area contributed by atoms with E-state index in [1.165, 1.54) is 0 Å². The third-order valence-corrected chi connectivity index (χ3v) is 2.42. The Kier molecular flexibility index (Phi) is 3.71. The van der Waals surface area contributed by atoms with Crippen LogP contribution in [0.1, 0.15) is 11.7 Å². The number of hydrogen-bond donors (Lipinski definition) is 3. The van der Waals surface area contributed by atoms with E-state index in [2.05, 4.69) is 21.2 Å². The molecule has 13 heavy (non-hydrogen) atoms. The van der Waals surface area contributed by atoms with Crippen LogP contribution < -0.4 is 5.32 Å². The maximum absolute atomic E-state index is 9.55. The summed E-state index contributed by atoms with van der Waals surface area (Å²) in [4.78, 5) is 0. The summed E-state index contributed by atoms with van der Waals surface area (Å²) in [5.74, 6) is 0.146. The number of aromatic hydroxyl groups is 1. The largest absolute Gasteiger partial charge is 0.507 e. The van der Waals surface area contributed by atoms with Crippen LogP contribution in [-0.4, -0.2) is 23.8 Å². The van der Waals surface area contributed by atoms with Gasteiger partial charge in [0.05, 0.1) is 10.6 Å². The molecule has 0 aliphatic heterocycles. The third kappa shape index (κ3) is 2.69. The SMILES string of the molecule is CNCC(O)c1ccc(Br)c(O)c1. The number of likely N-dealkylation sites (N-methyl/N-ethyl adjacent to an activating group) is 1. The second-order valence-corrected chi connectivity index (χ2v) is 3.64. The summed E-state index contributed by atoms with van der Waals surface area (Å²) in [6, 6.07) is 5.03. The van der Waals surface area contributed by atoms with Crippen LogP contribution in [0.3, 0.4) is 0 Å². The van der Waals surface area contributed by atoms with Gasteiger partial charge in [-0.2, -0.15) is 0 Å². The van der Waals surface area contributed by atoms with Crippen LogP contribution in [0.4, 0.5) is 0 Å². The van der Waals surface area contributed by atoms with Gasteiger partial charge in [-0.1, -0.05) is 6.07 Å². The maximum atomic E-state index is 9.55. The van der Waals surface area contributed by atoms with Gasteiger partial charge in [0.25, 0.3) is 0 Å².